The molecule has 0 amide bonds. The van der Waals surface area contributed by atoms with E-state index in [-0.39, 0.29) is 5.56 Å². The Morgan fingerprint density at radius 2 is 2.45 bits per heavy atom. The Hall–Kier alpha value is -1.26. The molecule has 6 nitrogen and oxygen atoms in total. The SMILES string of the molecule is N[p+]1nc2nc[nH]c2c(=O)[nH]1. The number of aromatic nitrogens is 4. The van der Waals surface area contributed by atoms with Crippen LogP contribution in [0.5, 0.6) is 0 Å². The molecule has 0 radical (unpaired) electrons. The maximum atomic E-state index is 11.1. The van der Waals surface area contributed by atoms with Crippen LogP contribution in [0.1, 0.15) is 0 Å². The van der Waals surface area contributed by atoms with E-state index in [9.17, 15) is 4.79 Å². The highest BCUT2D eigenvalue weighted by Crippen LogP contribution is 2.06. The van der Waals surface area contributed by atoms with Crippen molar-refractivity contribution in [3.63, 3.8) is 0 Å². The molecular formula is C4H5N5OP+. The van der Waals surface area contributed by atoms with Crippen LogP contribution in [0, 0.1) is 0 Å². The van der Waals surface area contributed by atoms with Crippen molar-refractivity contribution in [3.8, 4) is 0 Å². The van der Waals surface area contributed by atoms with Crippen LogP contribution < -0.4 is 11.1 Å². The quantitative estimate of drug-likeness (QED) is 0.502. The fourth-order valence-corrected chi connectivity index (χ4v) is 1.54. The number of H-pyrrole nitrogens is 2. The van der Waals surface area contributed by atoms with Crippen LogP contribution in [0.4, 0.5) is 0 Å². The molecule has 4 N–H and O–H groups in total. The van der Waals surface area contributed by atoms with Crippen molar-refractivity contribution in [2.75, 3.05) is 5.50 Å². The number of fused-ring (bicyclic) bond motifs is 1. The number of nitrogens with zero attached hydrogens (tertiary/aromatic N) is 2. The molecule has 2 aromatic rings. The van der Waals surface area contributed by atoms with Crippen molar-refractivity contribution < 1.29 is 0 Å². The zero-order valence-electron chi connectivity index (χ0n) is 5.40. The van der Waals surface area contributed by atoms with Gasteiger partial charge in [0.05, 0.1) is 6.33 Å². The van der Waals surface area contributed by atoms with E-state index in [4.69, 9.17) is 5.50 Å². The fraction of sp³-hybridized carbons (Fsp3) is 0. The first kappa shape index (κ1) is 6.45. The summed E-state index contributed by atoms with van der Waals surface area (Å²) in [4.78, 5) is 17.5. The van der Waals surface area contributed by atoms with Gasteiger partial charge in [-0.3, -0.25) is 4.79 Å². The lowest BCUT2D eigenvalue weighted by Crippen LogP contribution is -2.07. The van der Waals surface area contributed by atoms with Gasteiger partial charge in [0.1, 0.15) is 0 Å². The van der Waals surface area contributed by atoms with Gasteiger partial charge in [-0.1, -0.05) is 0 Å². The van der Waals surface area contributed by atoms with Crippen molar-refractivity contribution in [2.24, 2.45) is 0 Å². The van der Waals surface area contributed by atoms with E-state index in [2.05, 4.69) is 19.5 Å². The fourth-order valence-electron chi connectivity index (χ4n) is 0.817. The zero-order valence-corrected chi connectivity index (χ0v) is 6.30. The van der Waals surface area contributed by atoms with Gasteiger partial charge in [0.15, 0.2) is 5.52 Å². The highest BCUT2D eigenvalue weighted by Gasteiger charge is 2.09. The molecule has 2 heterocycles. The van der Waals surface area contributed by atoms with Gasteiger partial charge < -0.3 is 4.98 Å². The number of imidazole rings is 1. The summed E-state index contributed by atoms with van der Waals surface area (Å²) >= 11 is 0. The molecule has 0 spiro atoms. The van der Waals surface area contributed by atoms with E-state index in [0.717, 1.165) is 0 Å². The van der Waals surface area contributed by atoms with E-state index in [0.29, 0.717) is 11.2 Å². The number of aromatic amines is 2. The van der Waals surface area contributed by atoms with Crippen LogP contribution in [0.25, 0.3) is 11.2 Å². The summed E-state index contributed by atoms with van der Waals surface area (Å²) in [6, 6.07) is 0. The predicted octanol–water partition coefficient (Wildman–Crippen LogP) is -0.372. The van der Waals surface area contributed by atoms with Crippen LogP contribution in [-0.4, -0.2) is 19.5 Å². The molecule has 1 unspecified atom stereocenters. The number of hydrogen-bond donors (Lipinski definition) is 3. The lowest BCUT2D eigenvalue weighted by atomic mass is 10.6. The summed E-state index contributed by atoms with van der Waals surface area (Å²) in [5, 5.41) is 0. The standard InChI is InChI=1S/C4H4N5OP/c5-11-8-3-2(4(10)9-11)6-1-7-3/h1H,(H3-,5,6,7,8,9,10)/p+1. The number of nitrogen functional groups attached to an aromatic ring is 1. The minimum atomic E-state index is -1.25. The summed E-state index contributed by atoms with van der Waals surface area (Å²) < 4.78 is 6.41. The Morgan fingerprint density at radius 3 is 3.27 bits per heavy atom. The van der Waals surface area contributed by atoms with Crippen LogP contribution in [0.2, 0.25) is 0 Å². The van der Waals surface area contributed by atoms with Crippen LogP contribution in [-0.2, 0) is 0 Å². The van der Waals surface area contributed by atoms with Crippen molar-refractivity contribution in [1.29, 1.82) is 0 Å². The van der Waals surface area contributed by atoms with Gasteiger partial charge in [-0.2, -0.15) is 0 Å². The molecule has 0 bridgehead atoms. The first-order chi connectivity index (χ1) is 5.27. The van der Waals surface area contributed by atoms with E-state index in [1.165, 1.54) is 6.33 Å². The van der Waals surface area contributed by atoms with Gasteiger partial charge in [-0.05, 0) is 4.75 Å². The average molecular weight is 170 g/mol. The van der Waals surface area contributed by atoms with E-state index in [1.54, 1.807) is 0 Å². The smallest absolute Gasteiger partial charge is 0.338 e. The van der Waals surface area contributed by atoms with Crippen LogP contribution in [0.15, 0.2) is 11.1 Å². The largest absolute Gasteiger partial charge is 0.430 e. The summed E-state index contributed by atoms with van der Waals surface area (Å²) in [6.07, 6.45) is 1.42. The van der Waals surface area contributed by atoms with Gasteiger partial charge >= 0.3 is 13.6 Å². The van der Waals surface area contributed by atoms with Crippen LogP contribution >= 0.6 is 8.00 Å². The second kappa shape index (κ2) is 2.11. The Kier molecular flexibility index (Phi) is 1.24. The molecule has 1 atom stereocenters. The van der Waals surface area contributed by atoms with Crippen molar-refractivity contribution in [3.05, 3.63) is 16.7 Å². The first-order valence-corrected chi connectivity index (χ1v) is 4.24. The molecular weight excluding hydrogens is 165 g/mol. The Balaban J connectivity index is 3.02. The molecule has 0 aliphatic heterocycles. The maximum absolute atomic E-state index is 11.1. The summed E-state index contributed by atoms with van der Waals surface area (Å²) in [7, 11) is -1.25. The molecule has 0 aliphatic rings. The second-order valence-corrected chi connectivity index (χ2v) is 3.10. The third-order valence-electron chi connectivity index (χ3n) is 1.26. The molecule has 2 rings (SSSR count). The van der Waals surface area contributed by atoms with Crippen LogP contribution in [0.3, 0.4) is 0 Å². The van der Waals surface area contributed by atoms with Crippen molar-refractivity contribution in [2.45, 2.75) is 0 Å². The van der Waals surface area contributed by atoms with E-state index < -0.39 is 8.00 Å². The molecule has 0 fully saturated rings. The summed E-state index contributed by atoms with van der Waals surface area (Å²) in [5.41, 5.74) is 5.96. The summed E-state index contributed by atoms with van der Waals surface area (Å²) in [6.45, 7) is 0. The number of nitrogens with two attached hydrogens (primary N) is 1. The molecule has 0 saturated carbocycles. The number of nitrogens with one attached hydrogen (secondary N) is 2. The molecule has 56 valence electrons. The van der Waals surface area contributed by atoms with Gasteiger partial charge in [0, 0.05) is 0 Å². The lowest BCUT2D eigenvalue weighted by Gasteiger charge is -1.78. The predicted molar refractivity (Wildman–Crippen MR) is 41.8 cm³/mol. The Labute approximate surface area is 61.7 Å². The van der Waals surface area contributed by atoms with Gasteiger partial charge in [0.2, 0.25) is 5.65 Å². The zero-order chi connectivity index (χ0) is 7.84. The molecule has 2 aromatic heterocycles. The molecule has 0 aromatic carbocycles. The van der Waals surface area contributed by atoms with Crippen molar-refractivity contribution in [1.82, 2.24) is 19.5 Å². The van der Waals surface area contributed by atoms with E-state index in [1.807, 2.05) is 0 Å². The second-order valence-electron chi connectivity index (χ2n) is 1.99. The maximum Gasteiger partial charge on any atom is 0.430 e. The topological polar surface area (TPSA) is 100 Å². The summed E-state index contributed by atoms with van der Waals surface area (Å²) in [5.74, 6) is 0. The highest BCUT2D eigenvalue weighted by atomic mass is 31.1. The molecule has 7 heteroatoms. The third kappa shape index (κ3) is 0.923. The minimum absolute atomic E-state index is 0.235. The number of hydrogen-bond acceptors (Lipinski definition) is 4. The molecule has 11 heavy (non-hydrogen) atoms. The third-order valence-corrected chi connectivity index (χ3v) is 2.10. The average Bonchev–Trinajstić information content (AvgIpc) is 2.34. The first-order valence-electron chi connectivity index (χ1n) is 2.88. The monoisotopic (exact) mass is 170 g/mol. The highest BCUT2D eigenvalue weighted by molar-refractivity contribution is 7.41. The van der Waals surface area contributed by atoms with Gasteiger partial charge in [-0.25, -0.2) is 4.98 Å². The Bertz CT molecular complexity index is 445. The normalized spacial score (nSPS) is 12.3. The molecule has 0 saturated heterocycles. The number of rotatable bonds is 0. The lowest BCUT2D eigenvalue weighted by molar-refractivity contribution is 1.32. The Morgan fingerprint density at radius 1 is 1.64 bits per heavy atom. The van der Waals surface area contributed by atoms with Gasteiger partial charge in [-0.15, -0.1) is 10.3 Å². The van der Waals surface area contributed by atoms with Gasteiger partial charge in [0.25, 0.3) is 0 Å². The molecule has 0 aliphatic carbocycles. The van der Waals surface area contributed by atoms with Crippen molar-refractivity contribution >= 4 is 19.2 Å². The van der Waals surface area contributed by atoms with E-state index >= 15 is 0 Å². The minimum Gasteiger partial charge on any atom is -0.338 e.